The molecule has 1 aliphatic rings. The van der Waals surface area contributed by atoms with E-state index in [1.807, 2.05) is 35.2 Å². The highest BCUT2D eigenvalue weighted by Gasteiger charge is 2.43. The van der Waals surface area contributed by atoms with E-state index in [-0.39, 0.29) is 23.3 Å². The molecule has 1 heterocycles. The molecule has 2 rings (SSSR count). The van der Waals surface area contributed by atoms with Crippen molar-refractivity contribution in [2.24, 2.45) is 0 Å². The van der Waals surface area contributed by atoms with Gasteiger partial charge >= 0.3 is 6.09 Å². The third-order valence-electron chi connectivity index (χ3n) is 5.34. The van der Waals surface area contributed by atoms with Crippen molar-refractivity contribution in [2.75, 3.05) is 6.61 Å². The van der Waals surface area contributed by atoms with Gasteiger partial charge in [0.05, 0.1) is 12.6 Å². The lowest BCUT2D eigenvalue weighted by Gasteiger charge is -2.37. The standard InChI is InChI=1S/C19H31NO3Si/c1-7-16-17(14-22-24(5,6)19(2,3)4)23-18(21)20(16)13-15-11-9-8-10-12-15/h8-12,16-17H,7,13-14H2,1-6H3/t16-,17-/m1/s1. The summed E-state index contributed by atoms with van der Waals surface area (Å²) in [6, 6.07) is 10.1. The fourth-order valence-corrected chi connectivity index (χ4v) is 3.72. The van der Waals surface area contributed by atoms with E-state index in [0.29, 0.717) is 13.2 Å². The van der Waals surface area contributed by atoms with E-state index in [9.17, 15) is 4.79 Å². The Morgan fingerprint density at radius 1 is 1.21 bits per heavy atom. The summed E-state index contributed by atoms with van der Waals surface area (Å²) in [5.74, 6) is 0. The molecular weight excluding hydrogens is 318 g/mol. The van der Waals surface area contributed by atoms with Crippen LogP contribution in [0.1, 0.15) is 39.7 Å². The fraction of sp³-hybridized carbons (Fsp3) is 0.632. The van der Waals surface area contributed by atoms with Gasteiger partial charge in [0.25, 0.3) is 0 Å². The molecule has 1 fully saturated rings. The molecule has 1 amide bonds. The van der Waals surface area contributed by atoms with Crippen molar-refractivity contribution in [1.82, 2.24) is 4.90 Å². The SMILES string of the molecule is CC[C@@H]1[C@@H](CO[Si](C)(C)C(C)(C)C)OC(=O)N1Cc1ccccc1. The lowest BCUT2D eigenvalue weighted by atomic mass is 10.1. The Hall–Kier alpha value is -1.33. The lowest BCUT2D eigenvalue weighted by molar-refractivity contribution is 0.0858. The highest BCUT2D eigenvalue weighted by Crippen LogP contribution is 2.37. The van der Waals surface area contributed by atoms with E-state index < -0.39 is 8.32 Å². The molecule has 1 aliphatic heterocycles. The fourth-order valence-electron chi connectivity index (χ4n) is 2.71. The number of rotatable bonds is 6. The molecule has 1 aromatic rings. The Morgan fingerprint density at radius 3 is 2.38 bits per heavy atom. The van der Waals surface area contributed by atoms with Crippen LogP contribution in [-0.4, -0.2) is 38.1 Å². The molecule has 0 bridgehead atoms. The zero-order valence-corrected chi connectivity index (χ0v) is 16.8. The van der Waals surface area contributed by atoms with Crippen LogP contribution in [0.4, 0.5) is 4.79 Å². The van der Waals surface area contributed by atoms with Gasteiger partial charge in [-0.1, -0.05) is 58.0 Å². The first kappa shape index (κ1) is 19.0. The Bertz CT molecular complexity index is 553. The zero-order chi connectivity index (χ0) is 18.0. The van der Waals surface area contributed by atoms with Crippen molar-refractivity contribution in [2.45, 2.75) is 70.9 Å². The molecule has 0 unspecified atom stereocenters. The van der Waals surface area contributed by atoms with Gasteiger partial charge in [-0.05, 0) is 30.1 Å². The van der Waals surface area contributed by atoms with Gasteiger partial charge in [0.2, 0.25) is 0 Å². The first-order valence-electron chi connectivity index (χ1n) is 8.81. The molecule has 5 heteroatoms. The van der Waals surface area contributed by atoms with Crippen LogP contribution in [-0.2, 0) is 15.7 Å². The topological polar surface area (TPSA) is 38.8 Å². The van der Waals surface area contributed by atoms with Gasteiger partial charge in [0.15, 0.2) is 8.32 Å². The normalized spacial score (nSPS) is 21.9. The summed E-state index contributed by atoms with van der Waals surface area (Å²) in [7, 11) is -1.84. The predicted octanol–water partition coefficient (Wildman–Crippen LogP) is 4.81. The van der Waals surface area contributed by atoms with Crippen molar-refractivity contribution < 1.29 is 14.0 Å². The monoisotopic (exact) mass is 349 g/mol. The van der Waals surface area contributed by atoms with Crippen molar-refractivity contribution in [1.29, 1.82) is 0 Å². The maximum Gasteiger partial charge on any atom is 0.410 e. The number of amides is 1. The van der Waals surface area contributed by atoms with Gasteiger partial charge in [-0.15, -0.1) is 0 Å². The highest BCUT2D eigenvalue weighted by molar-refractivity contribution is 6.74. The minimum atomic E-state index is -1.84. The van der Waals surface area contributed by atoms with Crippen LogP contribution >= 0.6 is 0 Å². The third kappa shape index (κ3) is 4.19. The smallest absolute Gasteiger partial charge is 0.410 e. The average molecular weight is 350 g/mol. The van der Waals surface area contributed by atoms with E-state index in [1.54, 1.807) is 0 Å². The van der Waals surface area contributed by atoms with E-state index in [1.165, 1.54) is 0 Å². The Labute approximate surface area is 147 Å². The summed E-state index contributed by atoms with van der Waals surface area (Å²) in [5.41, 5.74) is 1.12. The van der Waals surface area contributed by atoms with E-state index in [0.717, 1.165) is 12.0 Å². The summed E-state index contributed by atoms with van der Waals surface area (Å²) in [6.45, 7) is 14.3. The molecule has 24 heavy (non-hydrogen) atoms. The second kappa shape index (κ2) is 7.27. The molecular formula is C19H31NO3Si. The third-order valence-corrected chi connectivity index (χ3v) is 9.85. The number of hydrogen-bond donors (Lipinski definition) is 0. The Balaban J connectivity index is 2.04. The van der Waals surface area contributed by atoms with Crippen LogP contribution in [0.5, 0.6) is 0 Å². The first-order chi connectivity index (χ1) is 11.2. The molecule has 0 saturated carbocycles. The quantitative estimate of drug-likeness (QED) is 0.692. The molecule has 0 radical (unpaired) electrons. The Kier molecular flexibility index (Phi) is 5.76. The van der Waals surface area contributed by atoms with Gasteiger partial charge < -0.3 is 9.16 Å². The largest absolute Gasteiger partial charge is 0.441 e. The summed E-state index contributed by atoms with van der Waals surface area (Å²) in [6.07, 6.45) is 0.458. The number of ether oxygens (including phenoxy) is 1. The van der Waals surface area contributed by atoms with Crippen molar-refractivity contribution in [3.8, 4) is 0 Å². The van der Waals surface area contributed by atoms with E-state index in [2.05, 4.69) is 40.8 Å². The van der Waals surface area contributed by atoms with Crippen LogP contribution in [0.15, 0.2) is 30.3 Å². The number of cyclic esters (lactones) is 1. The second-order valence-electron chi connectivity index (χ2n) is 8.08. The van der Waals surface area contributed by atoms with Gasteiger partial charge in [-0.3, -0.25) is 4.90 Å². The number of hydrogen-bond acceptors (Lipinski definition) is 3. The number of carbonyl (C=O) groups excluding carboxylic acids is 1. The minimum Gasteiger partial charge on any atom is -0.441 e. The molecule has 1 saturated heterocycles. The summed E-state index contributed by atoms with van der Waals surface area (Å²) in [4.78, 5) is 14.2. The minimum absolute atomic E-state index is 0.0717. The maximum atomic E-state index is 12.3. The predicted molar refractivity (Wildman–Crippen MR) is 99.5 cm³/mol. The number of carbonyl (C=O) groups is 1. The first-order valence-corrected chi connectivity index (χ1v) is 11.7. The molecule has 0 aliphatic carbocycles. The van der Waals surface area contributed by atoms with Crippen molar-refractivity contribution in [3.63, 3.8) is 0 Å². The molecule has 4 nitrogen and oxygen atoms in total. The summed E-state index contributed by atoms with van der Waals surface area (Å²) < 4.78 is 11.9. The lowest BCUT2D eigenvalue weighted by Crippen LogP contribution is -2.45. The number of nitrogens with zero attached hydrogens (tertiary/aromatic N) is 1. The number of benzene rings is 1. The molecule has 0 aromatic heterocycles. The van der Waals surface area contributed by atoms with Crippen LogP contribution in [0.25, 0.3) is 0 Å². The van der Waals surface area contributed by atoms with Crippen LogP contribution < -0.4 is 0 Å². The molecule has 1 aromatic carbocycles. The molecule has 134 valence electrons. The van der Waals surface area contributed by atoms with Crippen molar-refractivity contribution >= 4 is 14.4 Å². The summed E-state index contributed by atoms with van der Waals surface area (Å²) in [5, 5.41) is 0.154. The Morgan fingerprint density at radius 2 is 1.83 bits per heavy atom. The van der Waals surface area contributed by atoms with Crippen molar-refractivity contribution in [3.05, 3.63) is 35.9 Å². The van der Waals surface area contributed by atoms with Crippen LogP contribution in [0, 0.1) is 0 Å². The highest BCUT2D eigenvalue weighted by atomic mass is 28.4. The molecule has 2 atom stereocenters. The van der Waals surface area contributed by atoms with Gasteiger partial charge in [0, 0.05) is 6.54 Å². The maximum absolute atomic E-state index is 12.3. The van der Waals surface area contributed by atoms with Gasteiger partial charge in [-0.25, -0.2) is 4.79 Å². The van der Waals surface area contributed by atoms with Crippen LogP contribution in [0.3, 0.4) is 0 Å². The molecule has 0 N–H and O–H groups in total. The van der Waals surface area contributed by atoms with Crippen LogP contribution in [0.2, 0.25) is 18.1 Å². The van der Waals surface area contributed by atoms with Gasteiger partial charge in [-0.2, -0.15) is 0 Å². The zero-order valence-electron chi connectivity index (χ0n) is 15.8. The second-order valence-corrected chi connectivity index (χ2v) is 12.9. The van der Waals surface area contributed by atoms with E-state index in [4.69, 9.17) is 9.16 Å². The molecule has 0 spiro atoms. The van der Waals surface area contributed by atoms with Gasteiger partial charge in [0.1, 0.15) is 6.10 Å². The summed E-state index contributed by atoms with van der Waals surface area (Å²) >= 11 is 0. The van der Waals surface area contributed by atoms with E-state index >= 15 is 0 Å². The average Bonchev–Trinajstić information content (AvgIpc) is 2.81.